The van der Waals surface area contributed by atoms with Crippen LogP contribution in [0.3, 0.4) is 0 Å². The lowest BCUT2D eigenvalue weighted by Gasteiger charge is -2.05. The van der Waals surface area contributed by atoms with Gasteiger partial charge in [-0.2, -0.15) is 0 Å². The topological polar surface area (TPSA) is 55.1 Å². The van der Waals surface area contributed by atoms with Crippen LogP contribution in [0.1, 0.15) is 17.5 Å². The average Bonchev–Trinajstić information content (AvgIpc) is 2.19. The second-order valence-electron chi connectivity index (χ2n) is 3.14. The van der Waals surface area contributed by atoms with Crippen molar-refractivity contribution in [1.82, 2.24) is 5.43 Å². The molecule has 1 aromatic carbocycles. The van der Waals surface area contributed by atoms with E-state index in [1.54, 1.807) is 0 Å². The van der Waals surface area contributed by atoms with E-state index in [0.717, 1.165) is 4.47 Å². The molecule has 3 nitrogen and oxygen atoms in total. The molecule has 0 aliphatic carbocycles. The number of benzene rings is 1. The van der Waals surface area contributed by atoms with Crippen molar-refractivity contribution < 1.29 is 4.79 Å². The number of nitrogens with one attached hydrogen (secondary N) is 1. The van der Waals surface area contributed by atoms with E-state index in [9.17, 15) is 4.79 Å². The molecule has 76 valence electrons. The van der Waals surface area contributed by atoms with E-state index in [0.29, 0.717) is 12.8 Å². The molecule has 1 amide bonds. The lowest BCUT2D eigenvalue weighted by Crippen LogP contribution is -2.30. The maximum absolute atomic E-state index is 10.9. The Morgan fingerprint density at radius 2 is 2.29 bits per heavy atom. The van der Waals surface area contributed by atoms with Crippen LogP contribution in [0.4, 0.5) is 0 Å². The van der Waals surface area contributed by atoms with E-state index >= 15 is 0 Å². The molecule has 0 atom stereocenters. The monoisotopic (exact) mass is 256 g/mol. The molecule has 14 heavy (non-hydrogen) atoms. The van der Waals surface area contributed by atoms with E-state index < -0.39 is 0 Å². The molecule has 0 bridgehead atoms. The fourth-order valence-electron chi connectivity index (χ4n) is 1.23. The third-order valence-electron chi connectivity index (χ3n) is 2.09. The van der Waals surface area contributed by atoms with Crippen molar-refractivity contribution in [2.24, 2.45) is 5.84 Å². The summed E-state index contributed by atoms with van der Waals surface area (Å²) in [6.45, 7) is 2.03. The van der Waals surface area contributed by atoms with Crippen molar-refractivity contribution in [3.8, 4) is 0 Å². The van der Waals surface area contributed by atoms with E-state index in [1.807, 2.05) is 25.1 Å². The third-order valence-corrected chi connectivity index (χ3v) is 2.59. The molecule has 0 aromatic heterocycles. The number of carbonyl (C=O) groups excluding carboxylic acids is 1. The number of aryl methyl sites for hydroxylation is 2. The minimum Gasteiger partial charge on any atom is -0.294 e. The number of halogens is 1. The molecule has 0 fully saturated rings. The van der Waals surface area contributed by atoms with Crippen molar-refractivity contribution in [1.29, 1.82) is 0 Å². The van der Waals surface area contributed by atoms with Crippen LogP contribution >= 0.6 is 15.9 Å². The SMILES string of the molecule is Cc1ccc(Br)cc1CCC(=O)NN. The predicted octanol–water partition coefficient (Wildman–Crippen LogP) is 1.68. The quantitative estimate of drug-likeness (QED) is 0.491. The van der Waals surface area contributed by atoms with Gasteiger partial charge in [-0.05, 0) is 36.6 Å². The average molecular weight is 257 g/mol. The third kappa shape index (κ3) is 3.12. The van der Waals surface area contributed by atoms with Gasteiger partial charge in [0.25, 0.3) is 0 Å². The van der Waals surface area contributed by atoms with Gasteiger partial charge in [0.1, 0.15) is 0 Å². The minimum atomic E-state index is -0.135. The first-order chi connectivity index (χ1) is 6.63. The summed E-state index contributed by atoms with van der Waals surface area (Å²) < 4.78 is 1.03. The summed E-state index contributed by atoms with van der Waals surface area (Å²) in [5.41, 5.74) is 4.48. The number of amides is 1. The van der Waals surface area contributed by atoms with Gasteiger partial charge in [0.05, 0.1) is 0 Å². The molecule has 0 unspecified atom stereocenters. The molecule has 0 heterocycles. The molecule has 0 spiro atoms. The fraction of sp³-hybridized carbons (Fsp3) is 0.300. The van der Waals surface area contributed by atoms with Gasteiger partial charge in [-0.1, -0.05) is 22.0 Å². The van der Waals surface area contributed by atoms with Crippen molar-refractivity contribution in [2.75, 3.05) is 0 Å². The molecule has 1 rings (SSSR count). The number of hydrogen-bond acceptors (Lipinski definition) is 2. The van der Waals surface area contributed by atoms with E-state index in [-0.39, 0.29) is 5.91 Å². The summed E-state index contributed by atoms with van der Waals surface area (Å²) in [7, 11) is 0. The highest BCUT2D eigenvalue weighted by Gasteiger charge is 2.03. The molecule has 0 radical (unpaired) electrons. The largest absolute Gasteiger partial charge is 0.294 e. The fourth-order valence-corrected chi connectivity index (χ4v) is 1.64. The van der Waals surface area contributed by atoms with E-state index in [4.69, 9.17) is 5.84 Å². The Labute approximate surface area is 91.8 Å². The Hall–Kier alpha value is -0.870. The van der Waals surface area contributed by atoms with Gasteiger partial charge in [0.15, 0.2) is 0 Å². The zero-order valence-corrected chi connectivity index (χ0v) is 9.60. The van der Waals surface area contributed by atoms with Gasteiger partial charge in [0, 0.05) is 10.9 Å². The lowest BCUT2D eigenvalue weighted by atomic mass is 10.0. The Balaban J connectivity index is 2.66. The Morgan fingerprint density at radius 1 is 1.57 bits per heavy atom. The smallest absolute Gasteiger partial charge is 0.234 e. The van der Waals surface area contributed by atoms with Gasteiger partial charge < -0.3 is 0 Å². The van der Waals surface area contributed by atoms with Crippen LogP contribution < -0.4 is 11.3 Å². The van der Waals surface area contributed by atoms with Crippen molar-refractivity contribution in [2.45, 2.75) is 19.8 Å². The summed E-state index contributed by atoms with van der Waals surface area (Å²) in [4.78, 5) is 10.9. The molecule has 0 saturated carbocycles. The van der Waals surface area contributed by atoms with Crippen LogP contribution in [0.2, 0.25) is 0 Å². The maximum Gasteiger partial charge on any atom is 0.234 e. The standard InChI is InChI=1S/C10H13BrN2O/c1-7-2-4-9(11)6-8(7)3-5-10(14)13-12/h2,4,6H,3,5,12H2,1H3,(H,13,14). The second kappa shape index (κ2) is 5.12. The van der Waals surface area contributed by atoms with Gasteiger partial charge in [-0.15, -0.1) is 0 Å². The first-order valence-electron chi connectivity index (χ1n) is 4.38. The highest BCUT2D eigenvalue weighted by atomic mass is 79.9. The van der Waals surface area contributed by atoms with Crippen molar-refractivity contribution in [3.63, 3.8) is 0 Å². The van der Waals surface area contributed by atoms with Crippen LogP contribution in [0.5, 0.6) is 0 Å². The lowest BCUT2D eigenvalue weighted by molar-refractivity contribution is -0.121. The molecule has 4 heteroatoms. The molecular formula is C10H13BrN2O. The summed E-state index contributed by atoms with van der Waals surface area (Å²) in [5.74, 6) is 4.86. The van der Waals surface area contributed by atoms with Crippen molar-refractivity contribution in [3.05, 3.63) is 33.8 Å². The first kappa shape index (κ1) is 11.2. The summed E-state index contributed by atoms with van der Waals surface area (Å²) >= 11 is 3.40. The second-order valence-corrected chi connectivity index (χ2v) is 4.05. The van der Waals surface area contributed by atoms with E-state index in [1.165, 1.54) is 11.1 Å². The highest BCUT2D eigenvalue weighted by molar-refractivity contribution is 9.10. The Kier molecular flexibility index (Phi) is 4.10. The number of carbonyl (C=O) groups is 1. The van der Waals surface area contributed by atoms with Gasteiger partial charge in [-0.25, -0.2) is 5.84 Å². The highest BCUT2D eigenvalue weighted by Crippen LogP contribution is 2.17. The van der Waals surface area contributed by atoms with Crippen LogP contribution in [-0.2, 0) is 11.2 Å². The number of hydrogen-bond donors (Lipinski definition) is 2. The van der Waals surface area contributed by atoms with Gasteiger partial charge in [-0.3, -0.25) is 10.2 Å². The number of rotatable bonds is 3. The van der Waals surface area contributed by atoms with Gasteiger partial charge in [0.2, 0.25) is 5.91 Å². The Bertz CT molecular complexity index is 339. The number of nitrogens with two attached hydrogens (primary N) is 1. The van der Waals surface area contributed by atoms with E-state index in [2.05, 4.69) is 21.4 Å². The predicted molar refractivity (Wildman–Crippen MR) is 59.5 cm³/mol. The summed E-state index contributed by atoms with van der Waals surface area (Å²) in [6, 6.07) is 6.04. The maximum atomic E-state index is 10.9. The molecular weight excluding hydrogens is 244 g/mol. The zero-order chi connectivity index (χ0) is 10.6. The normalized spacial score (nSPS) is 9.93. The molecule has 0 aliphatic rings. The number of hydrazine groups is 1. The van der Waals surface area contributed by atoms with Crippen molar-refractivity contribution >= 4 is 21.8 Å². The summed E-state index contributed by atoms with van der Waals surface area (Å²) in [5, 5.41) is 0. The van der Waals surface area contributed by atoms with Crippen LogP contribution in [-0.4, -0.2) is 5.91 Å². The molecule has 1 aromatic rings. The summed E-state index contributed by atoms with van der Waals surface area (Å²) in [6.07, 6.45) is 1.14. The Morgan fingerprint density at radius 3 is 2.93 bits per heavy atom. The van der Waals surface area contributed by atoms with Crippen LogP contribution in [0.25, 0.3) is 0 Å². The molecule has 0 saturated heterocycles. The molecule has 0 aliphatic heterocycles. The molecule has 3 N–H and O–H groups in total. The first-order valence-corrected chi connectivity index (χ1v) is 5.17. The van der Waals surface area contributed by atoms with Crippen LogP contribution in [0.15, 0.2) is 22.7 Å². The zero-order valence-electron chi connectivity index (χ0n) is 8.01. The minimum absolute atomic E-state index is 0.135. The van der Waals surface area contributed by atoms with Gasteiger partial charge >= 0.3 is 0 Å². The van der Waals surface area contributed by atoms with Crippen LogP contribution in [0, 0.1) is 6.92 Å².